The van der Waals surface area contributed by atoms with Crippen LogP contribution < -0.4 is 9.47 Å². The average molecular weight is 462 g/mol. The van der Waals surface area contributed by atoms with E-state index in [0.29, 0.717) is 35.2 Å². The van der Waals surface area contributed by atoms with E-state index in [-0.39, 0.29) is 30.0 Å². The number of hydrogen-bond acceptors (Lipinski definition) is 7. The van der Waals surface area contributed by atoms with Gasteiger partial charge >= 0.3 is 12.3 Å². The first-order chi connectivity index (χ1) is 14.2. The number of halogens is 3. The number of carbonyl (C=O) groups is 2. The summed E-state index contributed by atoms with van der Waals surface area (Å²) in [5.74, 6) is -0.482. The fourth-order valence-electron chi connectivity index (χ4n) is 2.86. The maximum atomic E-state index is 12.2. The molecule has 7 nitrogen and oxygen atoms in total. The van der Waals surface area contributed by atoms with E-state index in [1.165, 1.54) is 40.6 Å². The zero-order valence-electron chi connectivity index (χ0n) is 15.4. The summed E-state index contributed by atoms with van der Waals surface area (Å²) < 4.78 is 46.7. The average Bonchev–Trinajstić information content (AvgIpc) is 3.28. The molecule has 0 aliphatic carbocycles. The van der Waals surface area contributed by atoms with E-state index < -0.39 is 12.3 Å². The number of likely N-dealkylation sites (tertiary alicyclic amines) is 1. The number of carboxylic acid groups (broad SMARTS) is 1. The first kappa shape index (κ1) is 22.2. The topological polar surface area (TPSA) is 89.0 Å². The highest BCUT2D eigenvalue weighted by molar-refractivity contribution is 8.01. The van der Waals surface area contributed by atoms with Gasteiger partial charge in [0.05, 0.1) is 6.04 Å². The lowest BCUT2D eigenvalue weighted by molar-refractivity contribution is -0.274. The van der Waals surface area contributed by atoms with Gasteiger partial charge < -0.3 is 19.5 Å². The Balaban J connectivity index is 1.48. The fourth-order valence-corrected chi connectivity index (χ4v) is 4.67. The molecule has 162 valence electrons. The van der Waals surface area contributed by atoms with Crippen LogP contribution in [0, 0.1) is 0 Å². The molecule has 0 unspecified atom stereocenters. The van der Waals surface area contributed by atoms with Gasteiger partial charge in [0, 0.05) is 24.1 Å². The number of alkyl halides is 3. The molecule has 0 saturated carbocycles. The second-order valence-corrected chi connectivity index (χ2v) is 8.46. The smallest absolute Gasteiger partial charge is 0.491 e. The molecule has 1 N–H and O–H groups in total. The van der Waals surface area contributed by atoms with E-state index in [1.807, 2.05) is 0 Å². The van der Waals surface area contributed by atoms with E-state index in [1.54, 1.807) is 4.90 Å². The number of aromatic carboxylic acids is 1. The largest absolute Gasteiger partial charge is 0.573 e. The van der Waals surface area contributed by atoms with Gasteiger partial charge in [-0.15, -0.1) is 24.5 Å². The highest BCUT2D eigenvalue weighted by Crippen LogP contribution is 2.27. The molecule has 1 saturated heterocycles. The van der Waals surface area contributed by atoms with Crippen molar-refractivity contribution in [3.63, 3.8) is 0 Å². The molecular weight excluding hydrogens is 445 g/mol. The summed E-state index contributed by atoms with van der Waals surface area (Å²) in [7, 11) is 0. The van der Waals surface area contributed by atoms with Gasteiger partial charge in [-0.05, 0) is 30.7 Å². The van der Waals surface area contributed by atoms with Crippen LogP contribution >= 0.6 is 23.1 Å². The summed E-state index contributed by atoms with van der Waals surface area (Å²) in [6, 6.07) is 4.93. The Hall–Kier alpha value is -2.47. The van der Waals surface area contributed by atoms with Crippen molar-refractivity contribution in [2.24, 2.45) is 0 Å². The van der Waals surface area contributed by atoms with Crippen molar-refractivity contribution in [1.82, 2.24) is 9.88 Å². The molecule has 1 amide bonds. The third kappa shape index (κ3) is 6.26. The Morgan fingerprint density at radius 3 is 2.63 bits per heavy atom. The van der Waals surface area contributed by atoms with Crippen LogP contribution in [-0.2, 0) is 4.79 Å². The third-order valence-electron chi connectivity index (χ3n) is 4.21. The van der Waals surface area contributed by atoms with Gasteiger partial charge in [-0.3, -0.25) is 4.79 Å². The summed E-state index contributed by atoms with van der Waals surface area (Å²) in [5, 5.41) is 10.4. The standard InChI is InChI=1S/C18H17F3N2O5S2/c19-18(20,21)28-13-4-2-12(3-5-13)27-9-11-1-6-15(24)23(11)7-8-29-17-22-14(10-30-17)16(25)26/h2-5,10-11H,1,6-9H2,(H,25,26)/t11-/m1/s1. The lowest BCUT2D eigenvalue weighted by Crippen LogP contribution is -2.38. The van der Waals surface area contributed by atoms with E-state index in [9.17, 15) is 22.8 Å². The van der Waals surface area contributed by atoms with Crippen molar-refractivity contribution in [1.29, 1.82) is 0 Å². The molecule has 1 aromatic carbocycles. The molecule has 1 aliphatic rings. The van der Waals surface area contributed by atoms with Crippen molar-refractivity contribution in [2.75, 3.05) is 18.9 Å². The minimum Gasteiger partial charge on any atom is -0.491 e. The number of aromatic nitrogens is 1. The summed E-state index contributed by atoms with van der Waals surface area (Å²) in [6.45, 7) is 0.675. The molecule has 1 aromatic heterocycles. The van der Waals surface area contributed by atoms with Crippen LogP contribution in [0.1, 0.15) is 23.3 Å². The number of rotatable bonds is 9. The molecule has 30 heavy (non-hydrogen) atoms. The minimum absolute atomic E-state index is 0.00215. The van der Waals surface area contributed by atoms with Crippen LogP contribution in [0.25, 0.3) is 0 Å². The van der Waals surface area contributed by atoms with Gasteiger partial charge in [-0.2, -0.15) is 0 Å². The summed E-state index contributed by atoms with van der Waals surface area (Å²) in [6.07, 6.45) is -3.73. The summed E-state index contributed by atoms with van der Waals surface area (Å²) >= 11 is 2.61. The number of ether oxygens (including phenoxy) is 2. The number of amides is 1. The molecule has 2 aromatic rings. The van der Waals surface area contributed by atoms with Crippen LogP contribution in [0.5, 0.6) is 11.5 Å². The second kappa shape index (κ2) is 9.56. The molecule has 0 bridgehead atoms. The maximum Gasteiger partial charge on any atom is 0.573 e. The van der Waals surface area contributed by atoms with Gasteiger partial charge in [-0.25, -0.2) is 9.78 Å². The van der Waals surface area contributed by atoms with E-state index in [0.717, 1.165) is 12.1 Å². The van der Waals surface area contributed by atoms with E-state index >= 15 is 0 Å². The summed E-state index contributed by atoms with van der Waals surface area (Å²) in [5.41, 5.74) is -0.00215. The zero-order valence-corrected chi connectivity index (χ0v) is 17.1. The van der Waals surface area contributed by atoms with Crippen molar-refractivity contribution in [2.45, 2.75) is 29.6 Å². The highest BCUT2D eigenvalue weighted by Gasteiger charge is 2.32. The Morgan fingerprint density at radius 2 is 2.00 bits per heavy atom. The Morgan fingerprint density at radius 1 is 1.30 bits per heavy atom. The summed E-state index contributed by atoms with van der Waals surface area (Å²) in [4.78, 5) is 28.7. The molecular formula is C18H17F3N2O5S2. The van der Waals surface area contributed by atoms with Crippen LogP contribution in [0.2, 0.25) is 0 Å². The lowest BCUT2D eigenvalue weighted by Gasteiger charge is -2.24. The molecule has 0 spiro atoms. The number of thioether (sulfide) groups is 1. The van der Waals surface area contributed by atoms with Gasteiger partial charge in [0.2, 0.25) is 5.91 Å². The molecule has 3 rings (SSSR count). The molecule has 0 radical (unpaired) electrons. The molecule has 1 fully saturated rings. The third-order valence-corrected chi connectivity index (χ3v) is 6.21. The molecule has 1 aliphatic heterocycles. The van der Waals surface area contributed by atoms with Crippen LogP contribution in [-0.4, -0.2) is 58.2 Å². The minimum atomic E-state index is -4.75. The quantitative estimate of drug-likeness (QED) is 0.566. The van der Waals surface area contributed by atoms with Gasteiger partial charge in [0.25, 0.3) is 0 Å². The predicted octanol–water partition coefficient (Wildman–Crippen LogP) is 3.90. The van der Waals surface area contributed by atoms with Crippen LogP contribution in [0.4, 0.5) is 13.2 Å². The number of hydrogen-bond donors (Lipinski definition) is 1. The van der Waals surface area contributed by atoms with Gasteiger partial charge in [-0.1, -0.05) is 11.8 Å². The van der Waals surface area contributed by atoms with Crippen LogP contribution in [0.3, 0.4) is 0 Å². The van der Waals surface area contributed by atoms with Crippen molar-refractivity contribution in [3.05, 3.63) is 35.3 Å². The van der Waals surface area contributed by atoms with Gasteiger partial charge in [0.1, 0.15) is 18.1 Å². The van der Waals surface area contributed by atoms with Crippen molar-refractivity contribution < 1.29 is 37.3 Å². The first-order valence-corrected chi connectivity index (χ1v) is 10.7. The van der Waals surface area contributed by atoms with Crippen LogP contribution in [0.15, 0.2) is 34.0 Å². The van der Waals surface area contributed by atoms with Crippen molar-refractivity contribution in [3.8, 4) is 11.5 Å². The number of carbonyl (C=O) groups excluding carboxylic acids is 1. The molecule has 12 heteroatoms. The Bertz CT molecular complexity index is 889. The van der Waals surface area contributed by atoms with E-state index in [4.69, 9.17) is 9.84 Å². The number of benzene rings is 1. The highest BCUT2D eigenvalue weighted by atomic mass is 32.2. The van der Waals surface area contributed by atoms with E-state index in [2.05, 4.69) is 9.72 Å². The van der Waals surface area contributed by atoms with Gasteiger partial charge in [0.15, 0.2) is 10.0 Å². The Kier molecular flexibility index (Phi) is 7.08. The molecule has 2 heterocycles. The number of carboxylic acids is 1. The predicted molar refractivity (Wildman–Crippen MR) is 103 cm³/mol. The maximum absolute atomic E-state index is 12.2. The first-order valence-electron chi connectivity index (χ1n) is 8.81. The number of nitrogens with zero attached hydrogens (tertiary/aromatic N) is 2. The molecule has 1 atom stereocenters. The normalized spacial score (nSPS) is 16.7. The van der Waals surface area contributed by atoms with Crippen molar-refractivity contribution >= 4 is 35.0 Å². The fraction of sp³-hybridized carbons (Fsp3) is 0.389. The number of thiazole rings is 1. The Labute approximate surface area is 177 Å². The second-order valence-electron chi connectivity index (χ2n) is 6.26. The monoisotopic (exact) mass is 462 g/mol. The SMILES string of the molecule is O=C(O)c1csc(SCCN2C(=O)CC[C@@H]2COc2ccc(OC(F)(F)F)cc2)n1. The lowest BCUT2D eigenvalue weighted by atomic mass is 10.2. The zero-order chi connectivity index (χ0) is 21.7.